The smallest absolute Gasteiger partial charge is 0.317 e. The maximum atomic E-state index is 12.9. The SMILES string of the molecule is CC(C)CCN(CC(O)C(Cc1ccccc1)NC(=O)C1CCS(=O)(=O)C1)C(=O)NC(C)(C)C. The number of aliphatic hydroxyl groups is 1. The molecule has 1 aliphatic heterocycles. The summed E-state index contributed by atoms with van der Waals surface area (Å²) in [7, 11) is -3.20. The van der Waals surface area contributed by atoms with E-state index in [1.807, 2.05) is 51.1 Å². The molecule has 9 heteroatoms. The third kappa shape index (κ3) is 9.62. The first-order chi connectivity index (χ1) is 15.8. The summed E-state index contributed by atoms with van der Waals surface area (Å²) in [6.45, 7) is 10.4. The fraction of sp³-hybridized carbons (Fsp3) is 0.680. The van der Waals surface area contributed by atoms with E-state index in [2.05, 4.69) is 24.5 Å². The molecule has 1 aromatic rings. The largest absolute Gasteiger partial charge is 0.389 e. The molecule has 1 saturated heterocycles. The van der Waals surface area contributed by atoms with Crippen molar-refractivity contribution in [2.45, 2.75) is 71.6 Å². The molecule has 2 rings (SSSR count). The fourth-order valence-corrected chi connectivity index (χ4v) is 5.64. The Labute approximate surface area is 204 Å². The second-order valence-electron chi connectivity index (χ2n) is 10.8. The van der Waals surface area contributed by atoms with Crippen molar-refractivity contribution in [3.63, 3.8) is 0 Å². The van der Waals surface area contributed by atoms with Crippen LogP contribution >= 0.6 is 0 Å². The highest BCUT2D eigenvalue weighted by Crippen LogP contribution is 2.19. The minimum Gasteiger partial charge on any atom is -0.389 e. The minimum atomic E-state index is -3.20. The average Bonchev–Trinajstić information content (AvgIpc) is 3.09. The molecule has 1 aliphatic rings. The quantitative estimate of drug-likeness (QED) is 0.461. The van der Waals surface area contributed by atoms with Crippen molar-refractivity contribution in [1.29, 1.82) is 0 Å². The number of hydrogen-bond donors (Lipinski definition) is 3. The third-order valence-electron chi connectivity index (χ3n) is 5.85. The van der Waals surface area contributed by atoms with Crippen molar-refractivity contribution in [2.75, 3.05) is 24.6 Å². The minimum absolute atomic E-state index is 0.00689. The highest BCUT2D eigenvalue weighted by atomic mass is 32.2. The first-order valence-corrected chi connectivity index (χ1v) is 13.9. The second-order valence-corrected chi connectivity index (χ2v) is 13.0. The molecule has 0 aromatic heterocycles. The number of aliphatic hydroxyl groups excluding tert-OH is 1. The summed E-state index contributed by atoms with van der Waals surface area (Å²) in [6.07, 6.45) is 0.406. The van der Waals surface area contributed by atoms with E-state index in [0.717, 1.165) is 12.0 Å². The molecule has 3 amide bonds. The number of benzene rings is 1. The molecule has 1 fully saturated rings. The lowest BCUT2D eigenvalue weighted by Gasteiger charge is -2.33. The summed E-state index contributed by atoms with van der Waals surface area (Å²) >= 11 is 0. The zero-order valence-electron chi connectivity index (χ0n) is 21.1. The van der Waals surface area contributed by atoms with E-state index in [0.29, 0.717) is 18.9 Å². The summed E-state index contributed by atoms with van der Waals surface area (Å²) in [6, 6.07) is 8.55. The predicted octanol–water partition coefficient (Wildman–Crippen LogP) is 2.37. The number of sulfone groups is 1. The zero-order chi connectivity index (χ0) is 25.5. The first-order valence-electron chi connectivity index (χ1n) is 12.1. The van der Waals surface area contributed by atoms with Gasteiger partial charge in [0.2, 0.25) is 5.91 Å². The molecule has 0 aliphatic carbocycles. The van der Waals surface area contributed by atoms with E-state index >= 15 is 0 Å². The van der Waals surface area contributed by atoms with Gasteiger partial charge in [0.05, 0.1) is 36.1 Å². The summed E-state index contributed by atoms with van der Waals surface area (Å²) < 4.78 is 23.7. The molecule has 8 nitrogen and oxygen atoms in total. The molecule has 1 aromatic carbocycles. The summed E-state index contributed by atoms with van der Waals surface area (Å²) in [4.78, 5) is 27.4. The van der Waals surface area contributed by atoms with E-state index in [-0.39, 0.29) is 36.4 Å². The molecule has 0 spiro atoms. The highest BCUT2D eigenvalue weighted by molar-refractivity contribution is 7.91. The first kappa shape index (κ1) is 28.1. The molecule has 3 unspecified atom stereocenters. The lowest BCUT2D eigenvalue weighted by molar-refractivity contribution is -0.125. The summed E-state index contributed by atoms with van der Waals surface area (Å²) in [5, 5.41) is 17.0. The maximum Gasteiger partial charge on any atom is 0.317 e. The van der Waals surface area contributed by atoms with Crippen LogP contribution in [0.2, 0.25) is 0 Å². The Bertz CT molecular complexity index is 912. The third-order valence-corrected chi connectivity index (χ3v) is 7.61. The number of carbonyl (C=O) groups excluding carboxylic acids is 2. The Balaban J connectivity index is 2.18. The summed E-state index contributed by atoms with van der Waals surface area (Å²) in [5.74, 6) is -0.758. The monoisotopic (exact) mass is 495 g/mol. The van der Waals surface area contributed by atoms with Crippen LogP contribution in [0.4, 0.5) is 4.79 Å². The van der Waals surface area contributed by atoms with E-state index in [9.17, 15) is 23.1 Å². The molecule has 192 valence electrons. The number of rotatable bonds is 10. The van der Waals surface area contributed by atoms with Crippen molar-refractivity contribution in [3.05, 3.63) is 35.9 Å². The molecule has 1 heterocycles. The Morgan fingerprint density at radius 3 is 2.35 bits per heavy atom. The fourth-order valence-electron chi connectivity index (χ4n) is 3.90. The normalized spacial score (nSPS) is 19.4. The Kier molecular flexibility index (Phi) is 9.94. The molecular weight excluding hydrogens is 454 g/mol. The van der Waals surface area contributed by atoms with Crippen LogP contribution in [0.15, 0.2) is 30.3 Å². The van der Waals surface area contributed by atoms with E-state index in [1.54, 1.807) is 4.90 Å². The van der Waals surface area contributed by atoms with Crippen molar-refractivity contribution in [3.8, 4) is 0 Å². The Morgan fingerprint density at radius 1 is 1.18 bits per heavy atom. The molecular formula is C25H41N3O5S. The van der Waals surface area contributed by atoms with Gasteiger partial charge < -0.3 is 20.6 Å². The van der Waals surface area contributed by atoms with Crippen LogP contribution in [0.5, 0.6) is 0 Å². The van der Waals surface area contributed by atoms with Gasteiger partial charge in [0.1, 0.15) is 0 Å². The Morgan fingerprint density at radius 2 is 1.82 bits per heavy atom. The van der Waals surface area contributed by atoms with Gasteiger partial charge in [0.25, 0.3) is 0 Å². The number of urea groups is 1. The second kappa shape index (κ2) is 12.0. The van der Waals surface area contributed by atoms with Gasteiger partial charge in [0, 0.05) is 12.1 Å². The van der Waals surface area contributed by atoms with Gasteiger partial charge in [-0.25, -0.2) is 13.2 Å². The molecule has 3 atom stereocenters. The van der Waals surface area contributed by atoms with Crippen LogP contribution < -0.4 is 10.6 Å². The van der Waals surface area contributed by atoms with Gasteiger partial charge in [-0.05, 0) is 51.5 Å². The van der Waals surface area contributed by atoms with Gasteiger partial charge >= 0.3 is 6.03 Å². The van der Waals surface area contributed by atoms with Crippen molar-refractivity contribution in [2.24, 2.45) is 11.8 Å². The zero-order valence-corrected chi connectivity index (χ0v) is 21.9. The van der Waals surface area contributed by atoms with Crippen LogP contribution in [0, 0.1) is 11.8 Å². The standard InChI is InChI=1S/C25H41N3O5S/c1-18(2)11-13-28(24(31)27-25(3,4)5)16-22(29)21(15-19-9-7-6-8-10-19)26-23(30)20-12-14-34(32,33)17-20/h6-10,18,20-22,29H,11-17H2,1-5H3,(H,26,30)(H,27,31). The van der Waals surface area contributed by atoms with Gasteiger partial charge in [-0.3, -0.25) is 4.79 Å². The number of amides is 3. The van der Waals surface area contributed by atoms with Crippen LogP contribution in [0.25, 0.3) is 0 Å². The van der Waals surface area contributed by atoms with Crippen LogP contribution in [-0.4, -0.2) is 72.6 Å². The molecule has 34 heavy (non-hydrogen) atoms. The highest BCUT2D eigenvalue weighted by Gasteiger charge is 2.35. The van der Waals surface area contributed by atoms with Gasteiger partial charge in [0.15, 0.2) is 9.84 Å². The number of hydrogen-bond acceptors (Lipinski definition) is 5. The number of nitrogens with one attached hydrogen (secondary N) is 2. The van der Waals surface area contributed by atoms with Crippen molar-refractivity contribution < 1.29 is 23.1 Å². The molecule has 0 radical (unpaired) electrons. The summed E-state index contributed by atoms with van der Waals surface area (Å²) in [5.41, 5.74) is 0.503. The number of nitrogens with zero attached hydrogens (tertiary/aromatic N) is 1. The maximum absolute atomic E-state index is 12.9. The lowest BCUT2D eigenvalue weighted by Crippen LogP contribution is -2.55. The molecule has 0 bridgehead atoms. The van der Waals surface area contributed by atoms with Gasteiger partial charge in [-0.2, -0.15) is 0 Å². The molecule has 0 saturated carbocycles. The lowest BCUT2D eigenvalue weighted by atomic mass is 9.99. The Hall–Kier alpha value is -2.13. The topological polar surface area (TPSA) is 116 Å². The van der Waals surface area contributed by atoms with E-state index in [1.165, 1.54) is 0 Å². The van der Waals surface area contributed by atoms with Crippen molar-refractivity contribution in [1.82, 2.24) is 15.5 Å². The van der Waals surface area contributed by atoms with Crippen molar-refractivity contribution >= 4 is 21.8 Å². The molecule has 3 N–H and O–H groups in total. The van der Waals surface area contributed by atoms with Gasteiger partial charge in [-0.1, -0.05) is 44.2 Å². The van der Waals surface area contributed by atoms with E-state index in [4.69, 9.17) is 0 Å². The predicted molar refractivity (Wildman–Crippen MR) is 134 cm³/mol. The van der Waals surface area contributed by atoms with Crippen LogP contribution in [-0.2, 0) is 21.1 Å². The van der Waals surface area contributed by atoms with E-state index < -0.39 is 33.4 Å². The number of carbonyl (C=O) groups is 2. The van der Waals surface area contributed by atoms with Crippen LogP contribution in [0.1, 0.15) is 53.0 Å². The van der Waals surface area contributed by atoms with Gasteiger partial charge in [-0.15, -0.1) is 0 Å². The average molecular weight is 496 g/mol. The van der Waals surface area contributed by atoms with Crippen LogP contribution in [0.3, 0.4) is 0 Å².